The van der Waals surface area contributed by atoms with E-state index in [9.17, 15) is 0 Å². The van der Waals surface area contributed by atoms with Gasteiger partial charge in [-0.25, -0.2) is 0 Å². The van der Waals surface area contributed by atoms with Crippen LogP contribution in [0.1, 0.15) is 6.42 Å². The highest BCUT2D eigenvalue weighted by Gasteiger charge is 2.14. The Morgan fingerprint density at radius 1 is 1.75 bits per heavy atom. The van der Waals surface area contributed by atoms with Gasteiger partial charge in [-0.2, -0.15) is 0 Å². The lowest BCUT2D eigenvalue weighted by Crippen LogP contribution is -2.10. The van der Waals surface area contributed by atoms with Crippen LogP contribution in [-0.2, 0) is 9.47 Å². The summed E-state index contributed by atoms with van der Waals surface area (Å²) in [6.45, 7) is 1.54. The van der Waals surface area contributed by atoms with Gasteiger partial charge < -0.3 is 9.47 Å². The lowest BCUT2D eigenvalue weighted by atomic mass is 10.3. The molecule has 0 radical (unpaired) electrons. The maximum absolute atomic E-state index is 5.30. The van der Waals surface area contributed by atoms with Crippen LogP contribution in [0.4, 0.5) is 0 Å². The smallest absolute Gasteiger partial charge is 0.121 e. The lowest BCUT2D eigenvalue weighted by molar-refractivity contribution is 0.0705. The fourth-order valence-electron chi connectivity index (χ4n) is 0.733. The lowest BCUT2D eigenvalue weighted by Gasteiger charge is -2.03. The summed E-state index contributed by atoms with van der Waals surface area (Å²) in [4.78, 5) is 0. The van der Waals surface area contributed by atoms with Crippen LogP contribution in [0.2, 0.25) is 0 Å². The minimum atomic E-state index is 0.257. The van der Waals surface area contributed by atoms with Gasteiger partial charge in [0, 0.05) is 6.61 Å². The molecule has 0 unspecified atom stereocenters. The van der Waals surface area contributed by atoms with Gasteiger partial charge in [-0.05, 0) is 6.42 Å². The first-order valence-corrected chi connectivity index (χ1v) is 3.22. The summed E-state index contributed by atoms with van der Waals surface area (Å²) >= 11 is 5.30. The Bertz CT molecular complexity index is 61.4. The van der Waals surface area contributed by atoms with Gasteiger partial charge in [-0.15, -0.1) is 0 Å². The molecule has 1 atom stereocenters. The van der Waals surface area contributed by atoms with Gasteiger partial charge in [0.2, 0.25) is 0 Å². The number of hydrogen-bond acceptors (Lipinski definition) is 2. The van der Waals surface area contributed by atoms with Crippen LogP contribution in [0.25, 0.3) is 0 Å². The number of rotatable bonds is 2. The zero-order valence-electron chi connectivity index (χ0n) is 4.60. The van der Waals surface area contributed by atoms with E-state index in [1.165, 1.54) is 0 Å². The highest BCUT2D eigenvalue weighted by Crippen LogP contribution is 2.07. The average Bonchev–Trinajstić information content (AvgIpc) is 2.19. The summed E-state index contributed by atoms with van der Waals surface area (Å²) in [5, 5.41) is 0. The van der Waals surface area contributed by atoms with Gasteiger partial charge in [-0.3, -0.25) is 0 Å². The average molecular weight is 137 g/mol. The summed E-state index contributed by atoms with van der Waals surface area (Å²) in [6.07, 6.45) is 1.25. The van der Waals surface area contributed by atoms with E-state index < -0.39 is 0 Å². The van der Waals surface area contributed by atoms with E-state index in [-0.39, 0.29) is 12.2 Å². The third-order valence-corrected chi connectivity index (χ3v) is 1.31. The van der Waals surface area contributed by atoms with E-state index in [0.717, 1.165) is 13.0 Å². The second-order valence-corrected chi connectivity index (χ2v) is 1.98. The molecule has 1 saturated heterocycles. The van der Waals surface area contributed by atoms with Crippen LogP contribution in [0.3, 0.4) is 0 Å². The van der Waals surface area contributed by atoms with Crippen molar-refractivity contribution in [1.29, 1.82) is 0 Å². The molecular formula is C5H9ClO2. The molecule has 0 spiro atoms. The number of alkyl halides is 1. The molecule has 1 heterocycles. The summed E-state index contributed by atoms with van der Waals surface area (Å²) in [6, 6.07) is 0.286. The zero-order valence-corrected chi connectivity index (χ0v) is 5.36. The Labute approximate surface area is 53.7 Å². The van der Waals surface area contributed by atoms with Crippen molar-refractivity contribution in [2.24, 2.45) is 0 Å². The molecule has 0 aromatic heterocycles. The Balaban J connectivity index is 2.06. The third-order valence-electron chi connectivity index (χ3n) is 1.19. The maximum atomic E-state index is 5.30. The van der Waals surface area contributed by atoms with Crippen molar-refractivity contribution in [1.82, 2.24) is 0 Å². The van der Waals surface area contributed by atoms with Crippen molar-refractivity contribution < 1.29 is 9.47 Å². The molecule has 1 fully saturated rings. The Morgan fingerprint density at radius 3 is 3.12 bits per heavy atom. The molecule has 0 aromatic carbocycles. The molecular weight excluding hydrogens is 128 g/mol. The predicted octanol–water partition coefficient (Wildman–Crippen LogP) is 0.988. The van der Waals surface area contributed by atoms with E-state index >= 15 is 0 Å². The van der Waals surface area contributed by atoms with E-state index in [1.807, 2.05) is 0 Å². The Morgan fingerprint density at radius 2 is 2.62 bits per heavy atom. The minimum Gasteiger partial charge on any atom is -0.379 e. The van der Waals surface area contributed by atoms with Crippen molar-refractivity contribution in [3.63, 3.8) is 0 Å². The number of ether oxygens (including phenoxy) is 2. The fraction of sp³-hybridized carbons (Fsp3) is 1.00. The monoisotopic (exact) mass is 136 g/mol. The van der Waals surface area contributed by atoms with Crippen LogP contribution in [0.15, 0.2) is 0 Å². The van der Waals surface area contributed by atoms with Crippen molar-refractivity contribution in [2.75, 3.05) is 19.3 Å². The maximum Gasteiger partial charge on any atom is 0.121 e. The second kappa shape index (κ2) is 3.28. The van der Waals surface area contributed by atoms with Crippen LogP contribution in [0, 0.1) is 0 Å². The predicted molar refractivity (Wildman–Crippen MR) is 31.0 cm³/mol. The Kier molecular flexibility index (Phi) is 2.59. The molecule has 3 heteroatoms. The van der Waals surface area contributed by atoms with Crippen LogP contribution >= 0.6 is 11.6 Å². The molecule has 0 aromatic rings. The SMILES string of the molecule is ClCO[C@@H]1CCOC1. The van der Waals surface area contributed by atoms with E-state index in [0.29, 0.717) is 6.61 Å². The first-order chi connectivity index (χ1) is 3.93. The van der Waals surface area contributed by atoms with E-state index in [2.05, 4.69) is 0 Å². The Hall–Kier alpha value is 0.210. The summed E-state index contributed by atoms with van der Waals surface area (Å²) in [5.74, 6) is 0. The van der Waals surface area contributed by atoms with Crippen LogP contribution in [-0.4, -0.2) is 25.4 Å². The molecule has 0 aliphatic carbocycles. The third kappa shape index (κ3) is 1.62. The molecule has 2 nitrogen and oxygen atoms in total. The highest BCUT2D eigenvalue weighted by molar-refractivity contribution is 6.17. The standard InChI is InChI=1S/C5H9ClO2/c6-4-8-5-1-2-7-3-5/h5H,1-4H2/t5-/m1/s1. The molecule has 1 rings (SSSR count). The number of halogens is 1. The van der Waals surface area contributed by atoms with Gasteiger partial charge >= 0.3 is 0 Å². The van der Waals surface area contributed by atoms with Crippen molar-refractivity contribution >= 4 is 11.6 Å². The largest absolute Gasteiger partial charge is 0.379 e. The summed E-state index contributed by atoms with van der Waals surface area (Å²) in [5.41, 5.74) is 0. The molecule has 0 amide bonds. The summed E-state index contributed by atoms with van der Waals surface area (Å²) < 4.78 is 10.1. The normalized spacial score (nSPS) is 28.9. The van der Waals surface area contributed by atoms with E-state index in [1.54, 1.807) is 0 Å². The minimum absolute atomic E-state index is 0.257. The zero-order chi connectivity index (χ0) is 5.82. The van der Waals surface area contributed by atoms with Crippen molar-refractivity contribution in [3.8, 4) is 0 Å². The quantitative estimate of drug-likeness (QED) is 0.527. The molecule has 1 aliphatic heterocycles. The van der Waals surface area contributed by atoms with Crippen LogP contribution in [0.5, 0.6) is 0 Å². The first kappa shape index (κ1) is 6.33. The van der Waals surface area contributed by atoms with Crippen LogP contribution < -0.4 is 0 Å². The molecule has 48 valence electrons. The first-order valence-electron chi connectivity index (χ1n) is 2.69. The van der Waals surface area contributed by atoms with Crippen molar-refractivity contribution in [3.05, 3.63) is 0 Å². The van der Waals surface area contributed by atoms with E-state index in [4.69, 9.17) is 21.1 Å². The fourth-order valence-corrected chi connectivity index (χ4v) is 0.912. The van der Waals surface area contributed by atoms with Gasteiger partial charge in [0.1, 0.15) is 6.07 Å². The number of hydrogen-bond donors (Lipinski definition) is 0. The highest BCUT2D eigenvalue weighted by atomic mass is 35.5. The van der Waals surface area contributed by atoms with Gasteiger partial charge in [-0.1, -0.05) is 11.6 Å². The van der Waals surface area contributed by atoms with Gasteiger partial charge in [0.25, 0.3) is 0 Å². The second-order valence-electron chi connectivity index (χ2n) is 1.76. The molecule has 0 bridgehead atoms. The topological polar surface area (TPSA) is 18.5 Å². The molecule has 0 N–H and O–H groups in total. The van der Waals surface area contributed by atoms with Gasteiger partial charge in [0.05, 0.1) is 12.7 Å². The molecule has 1 aliphatic rings. The molecule has 8 heavy (non-hydrogen) atoms. The van der Waals surface area contributed by atoms with Crippen molar-refractivity contribution in [2.45, 2.75) is 12.5 Å². The molecule has 0 saturated carbocycles. The summed E-state index contributed by atoms with van der Waals surface area (Å²) in [7, 11) is 0. The van der Waals surface area contributed by atoms with Gasteiger partial charge in [0.15, 0.2) is 0 Å².